The third-order valence-corrected chi connectivity index (χ3v) is 2.88. The Hall–Kier alpha value is -0.840. The van der Waals surface area contributed by atoms with Crippen LogP contribution in [0.3, 0.4) is 0 Å². The summed E-state index contributed by atoms with van der Waals surface area (Å²) in [6, 6.07) is 0.422. The van der Waals surface area contributed by atoms with Crippen molar-refractivity contribution >= 4 is 27.6 Å². The van der Waals surface area contributed by atoms with Crippen LogP contribution in [0.15, 0.2) is 10.8 Å². The molecule has 4 nitrogen and oxygen atoms in total. The number of hydrogen-bond acceptors (Lipinski definition) is 4. The van der Waals surface area contributed by atoms with Crippen molar-refractivity contribution in [1.29, 1.82) is 0 Å². The Morgan fingerprint density at radius 3 is 2.67 bits per heavy atom. The summed E-state index contributed by atoms with van der Waals surface area (Å²) < 4.78 is 0.885. The van der Waals surface area contributed by atoms with Gasteiger partial charge in [0.15, 0.2) is 0 Å². The predicted octanol–water partition coefficient (Wildman–Crippen LogP) is 2.88. The largest absolute Gasteiger partial charge is 0.372 e. The minimum atomic E-state index is 0.422. The van der Waals surface area contributed by atoms with Gasteiger partial charge in [-0.05, 0) is 29.3 Å². The lowest BCUT2D eigenvalue weighted by Gasteiger charge is -2.15. The molecule has 0 spiro atoms. The first-order valence-corrected chi connectivity index (χ1v) is 5.93. The molecule has 0 saturated heterocycles. The van der Waals surface area contributed by atoms with E-state index in [2.05, 4.69) is 50.4 Å². The first-order chi connectivity index (χ1) is 7.19. The van der Waals surface area contributed by atoms with Gasteiger partial charge in [-0.2, -0.15) is 0 Å². The average molecular weight is 273 g/mol. The third kappa shape index (κ3) is 3.34. The fourth-order valence-electron chi connectivity index (χ4n) is 1.38. The highest BCUT2D eigenvalue weighted by Gasteiger charge is 2.09. The van der Waals surface area contributed by atoms with Gasteiger partial charge in [0.1, 0.15) is 22.4 Å². The molecule has 0 aliphatic heterocycles. The number of anilines is 2. The molecule has 1 atom stereocenters. The van der Waals surface area contributed by atoms with Gasteiger partial charge in [-0.25, -0.2) is 9.97 Å². The van der Waals surface area contributed by atoms with Crippen LogP contribution < -0.4 is 10.6 Å². The molecular weight excluding hydrogens is 256 g/mol. The zero-order chi connectivity index (χ0) is 11.3. The second-order valence-electron chi connectivity index (χ2n) is 3.47. The molecule has 0 saturated carbocycles. The minimum absolute atomic E-state index is 0.422. The monoisotopic (exact) mass is 272 g/mol. The zero-order valence-corrected chi connectivity index (χ0v) is 10.9. The van der Waals surface area contributed by atoms with Gasteiger partial charge in [0.25, 0.3) is 0 Å². The van der Waals surface area contributed by atoms with Gasteiger partial charge >= 0.3 is 0 Å². The zero-order valence-electron chi connectivity index (χ0n) is 9.34. The molecule has 1 heterocycles. The molecule has 0 radical (unpaired) electrons. The summed E-state index contributed by atoms with van der Waals surface area (Å²) in [6.45, 7) is 4.32. The maximum absolute atomic E-state index is 4.20. The van der Waals surface area contributed by atoms with E-state index in [0.29, 0.717) is 6.04 Å². The normalized spacial score (nSPS) is 12.3. The average Bonchev–Trinajstić information content (AvgIpc) is 2.21. The highest BCUT2D eigenvalue weighted by atomic mass is 79.9. The van der Waals surface area contributed by atoms with E-state index in [9.17, 15) is 0 Å². The molecule has 15 heavy (non-hydrogen) atoms. The van der Waals surface area contributed by atoms with E-state index in [1.165, 1.54) is 0 Å². The van der Waals surface area contributed by atoms with Gasteiger partial charge in [0.2, 0.25) is 0 Å². The van der Waals surface area contributed by atoms with Crippen LogP contribution in [-0.4, -0.2) is 23.1 Å². The van der Waals surface area contributed by atoms with Crippen molar-refractivity contribution in [2.45, 2.75) is 32.7 Å². The molecule has 0 aromatic carbocycles. The Bertz CT molecular complexity index is 316. The summed E-state index contributed by atoms with van der Waals surface area (Å²) in [5, 5.41) is 6.35. The summed E-state index contributed by atoms with van der Waals surface area (Å²) in [6.07, 6.45) is 3.85. The molecule has 0 aliphatic carbocycles. The standard InChI is InChI=1S/C10H17BrN4/c1-4-5-7(2)15-10-8(11)9(12-3)13-6-14-10/h6-7H,4-5H2,1-3H3,(H2,12,13,14,15). The number of halogens is 1. The Kier molecular flexibility index (Phi) is 4.81. The maximum atomic E-state index is 4.20. The van der Waals surface area contributed by atoms with Gasteiger partial charge in [0.05, 0.1) is 0 Å². The van der Waals surface area contributed by atoms with Crippen LogP contribution in [0.1, 0.15) is 26.7 Å². The molecule has 0 aliphatic rings. The lowest BCUT2D eigenvalue weighted by atomic mass is 10.2. The van der Waals surface area contributed by atoms with Crippen molar-refractivity contribution in [3.63, 3.8) is 0 Å². The number of rotatable bonds is 5. The molecule has 1 rings (SSSR count). The Morgan fingerprint density at radius 2 is 2.07 bits per heavy atom. The molecule has 2 N–H and O–H groups in total. The van der Waals surface area contributed by atoms with Crippen LogP contribution in [0.4, 0.5) is 11.6 Å². The SMILES string of the molecule is CCCC(C)Nc1ncnc(NC)c1Br. The van der Waals surface area contributed by atoms with Gasteiger partial charge in [-0.1, -0.05) is 13.3 Å². The van der Waals surface area contributed by atoms with Crippen molar-refractivity contribution in [2.75, 3.05) is 17.7 Å². The van der Waals surface area contributed by atoms with Gasteiger partial charge < -0.3 is 10.6 Å². The molecule has 84 valence electrons. The highest BCUT2D eigenvalue weighted by molar-refractivity contribution is 9.10. The van der Waals surface area contributed by atoms with E-state index in [1.807, 2.05) is 7.05 Å². The van der Waals surface area contributed by atoms with Crippen LogP contribution in [0.5, 0.6) is 0 Å². The molecule has 5 heteroatoms. The summed E-state index contributed by atoms with van der Waals surface area (Å²) in [5.41, 5.74) is 0. The van der Waals surface area contributed by atoms with E-state index in [-0.39, 0.29) is 0 Å². The first kappa shape index (κ1) is 12.2. The number of nitrogens with zero attached hydrogens (tertiary/aromatic N) is 2. The smallest absolute Gasteiger partial charge is 0.146 e. The van der Waals surface area contributed by atoms with Crippen molar-refractivity contribution < 1.29 is 0 Å². The Labute approximate surface area is 99.0 Å². The molecule has 0 fully saturated rings. The maximum Gasteiger partial charge on any atom is 0.146 e. The van der Waals surface area contributed by atoms with Crippen LogP contribution in [0, 0.1) is 0 Å². The minimum Gasteiger partial charge on any atom is -0.372 e. The Morgan fingerprint density at radius 1 is 1.40 bits per heavy atom. The number of hydrogen-bond donors (Lipinski definition) is 2. The second kappa shape index (κ2) is 5.90. The van der Waals surface area contributed by atoms with Crippen LogP contribution in [-0.2, 0) is 0 Å². The van der Waals surface area contributed by atoms with Crippen molar-refractivity contribution in [3.8, 4) is 0 Å². The van der Waals surface area contributed by atoms with Crippen molar-refractivity contribution in [1.82, 2.24) is 9.97 Å². The predicted molar refractivity (Wildman–Crippen MR) is 67.3 cm³/mol. The second-order valence-corrected chi connectivity index (χ2v) is 4.26. The van der Waals surface area contributed by atoms with E-state index in [0.717, 1.165) is 29.0 Å². The van der Waals surface area contributed by atoms with E-state index < -0.39 is 0 Å². The highest BCUT2D eigenvalue weighted by Crippen LogP contribution is 2.26. The number of aromatic nitrogens is 2. The van der Waals surface area contributed by atoms with Crippen molar-refractivity contribution in [3.05, 3.63) is 10.8 Å². The van der Waals surface area contributed by atoms with Gasteiger partial charge in [0, 0.05) is 13.1 Å². The Balaban J connectivity index is 2.76. The molecule has 0 amide bonds. The first-order valence-electron chi connectivity index (χ1n) is 5.13. The summed E-state index contributed by atoms with van der Waals surface area (Å²) in [7, 11) is 1.84. The fraction of sp³-hybridized carbons (Fsp3) is 0.600. The van der Waals surface area contributed by atoms with E-state index >= 15 is 0 Å². The molecule has 1 aromatic rings. The van der Waals surface area contributed by atoms with Crippen molar-refractivity contribution in [2.24, 2.45) is 0 Å². The van der Waals surface area contributed by atoms with Gasteiger partial charge in [-0.15, -0.1) is 0 Å². The fourth-order valence-corrected chi connectivity index (χ4v) is 1.90. The summed E-state index contributed by atoms with van der Waals surface area (Å²) in [4.78, 5) is 8.30. The van der Waals surface area contributed by atoms with Gasteiger partial charge in [-0.3, -0.25) is 0 Å². The van der Waals surface area contributed by atoms with Crippen LogP contribution in [0.25, 0.3) is 0 Å². The quantitative estimate of drug-likeness (QED) is 0.866. The topological polar surface area (TPSA) is 49.8 Å². The molecule has 1 unspecified atom stereocenters. The molecule has 0 bridgehead atoms. The molecular formula is C10H17BrN4. The summed E-state index contributed by atoms with van der Waals surface area (Å²) in [5.74, 6) is 1.64. The molecule has 1 aromatic heterocycles. The van der Waals surface area contributed by atoms with Crippen LogP contribution >= 0.6 is 15.9 Å². The van der Waals surface area contributed by atoms with Crippen LogP contribution in [0.2, 0.25) is 0 Å². The van der Waals surface area contributed by atoms with E-state index in [4.69, 9.17) is 0 Å². The third-order valence-electron chi connectivity index (χ3n) is 2.13. The lowest BCUT2D eigenvalue weighted by molar-refractivity contribution is 0.686. The van der Waals surface area contributed by atoms with E-state index in [1.54, 1.807) is 6.33 Å². The summed E-state index contributed by atoms with van der Waals surface area (Å²) >= 11 is 3.47. The number of nitrogens with one attached hydrogen (secondary N) is 2. The lowest BCUT2D eigenvalue weighted by Crippen LogP contribution is -2.16.